The average Bonchev–Trinajstić information content (AvgIpc) is 3.40. The molecule has 2 bridgehead atoms. The molecule has 6 rings (SSSR count). The third-order valence-corrected chi connectivity index (χ3v) is 6.84. The topological polar surface area (TPSA) is 86.5 Å². The molecule has 0 spiro atoms. The number of benzene rings is 3. The number of hydrogen-bond acceptors (Lipinski definition) is 5. The van der Waals surface area contributed by atoms with Crippen molar-refractivity contribution in [3.8, 4) is 11.5 Å². The second-order valence-corrected chi connectivity index (χ2v) is 9.20. The van der Waals surface area contributed by atoms with Crippen molar-refractivity contribution in [2.75, 3.05) is 5.73 Å². The minimum atomic E-state index is -0.353. The van der Waals surface area contributed by atoms with E-state index < -0.39 is 0 Å². The van der Waals surface area contributed by atoms with Gasteiger partial charge in [0.05, 0.1) is 0 Å². The number of nitrogens with two attached hydrogens (primary N) is 1. The van der Waals surface area contributed by atoms with E-state index in [1.54, 1.807) is 12.1 Å². The first kappa shape index (κ1) is 22.2. The molecule has 2 aliphatic heterocycles. The van der Waals surface area contributed by atoms with Crippen molar-refractivity contribution < 1.29 is 18.7 Å². The van der Waals surface area contributed by atoms with E-state index in [4.69, 9.17) is 15.2 Å². The monoisotopic (exact) mass is 481 g/mol. The minimum absolute atomic E-state index is 0.167. The summed E-state index contributed by atoms with van der Waals surface area (Å²) in [4.78, 5) is 17.3. The number of nitrogen functional groups attached to an aromatic ring is 1. The van der Waals surface area contributed by atoms with Gasteiger partial charge >= 0.3 is 0 Å². The van der Waals surface area contributed by atoms with Crippen LogP contribution in [-0.4, -0.2) is 10.9 Å². The van der Waals surface area contributed by atoms with E-state index in [0.29, 0.717) is 29.4 Å². The van der Waals surface area contributed by atoms with Crippen molar-refractivity contribution >= 4 is 11.7 Å². The van der Waals surface area contributed by atoms with E-state index in [0.717, 1.165) is 39.1 Å². The lowest BCUT2D eigenvalue weighted by Gasteiger charge is -2.18. The van der Waals surface area contributed by atoms with Gasteiger partial charge < -0.3 is 20.5 Å². The highest BCUT2D eigenvalue weighted by Crippen LogP contribution is 2.55. The summed E-state index contributed by atoms with van der Waals surface area (Å²) in [6.45, 7) is 4.21. The van der Waals surface area contributed by atoms with E-state index >= 15 is 0 Å². The average molecular weight is 482 g/mol. The minimum Gasteiger partial charge on any atom is -0.457 e. The third kappa shape index (κ3) is 3.78. The molecule has 7 heteroatoms. The van der Waals surface area contributed by atoms with Crippen LogP contribution < -0.4 is 15.8 Å². The molecule has 0 radical (unpaired) electrons. The normalized spacial score (nSPS) is 17.0. The number of ether oxygens (including phenoxy) is 2. The molecule has 3 heterocycles. The molecule has 3 aromatic carbocycles. The Balaban J connectivity index is 1.22. The van der Waals surface area contributed by atoms with Gasteiger partial charge in [0.15, 0.2) is 0 Å². The first-order valence-electron chi connectivity index (χ1n) is 11.7. The van der Waals surface area contributed by atoms with Crippen LogP contribution in [0.3, 0.4) is 0 Å². The highest BCUT2D eigenvalue weighted by Gasteiger charge is 2.43. The summed E-state index contributed by atoms with van der Waals surface area (Å²) >= 11 is 0. The van der Waals surface area contributed by atoms with E-state index in [-0.39, 0.29) is 23.9 Å². The van der Waals surface area contributed by atoms with Crippen LogP contribution in [0.15, 0.2) is 66.7 Å². The fraction of sp³-hybridized carbons (Fsp3) is 0.172. The number of nitrogens with zero attached hydrogens (tertiary/aromatic N) is 1. The highest BCUT2D eigenvalue weighted by atomic mass is 19.1. The van der Waals surface area contributed by atoms with Gasteiger partial charge in [0.2, 0.25) is 0 Å². The molecule has 3 N–H and O–H groups in total. The summed E-state index contributed by atoms with van der Waals surface area (Å²) in [5.74, 6) is 0.987. The summed E-state index contributed by atoms with van der Waals surface area (Å²) in [6.07, 6.45) is -0.457. The lowest BCUT2D eigenvalue weighted by Crippen LogP contribution is -2.24. The summed E-state index contributed by atoms with van der Waals surface area (Å²) in [5, 5.41) is 3.00. The van der Waals surface area contributed by atoms with Crippen molar-refractivity contribution in [3.63, 3.8) is 0 Å². The summed E-state index contributed by atoms with van der Waals surface area (Å²) < 4.78 is 25.7. The van der Waals surface area contributed by atoms with E-state index in [9.17, 15) is 9.18 Å². The molecule has 36 heavy (non-hydrogen) atoms. The summed E-state index contributed by atoms with van der Waals surface area (Å²) in [7, 11) is 0. The Morgan fingerprint density at radius 3 is 2.47 bits per heavy atom. The van der Waals surface area contributed by atoms with Crippen LogP contribution >= 0.6 is 0 Å². The summed E-state index contributed by atoms with van der Waals surface area (Å²) in [5.41, 5.74) is 13.3. The van der Waals surface area contributed by atoms with Gasteiger partial charge in [-0.05, 0) is 89.7 Å². The standard InChI is InChI=1S/C29H24FN3O3/c1-15-10-26(31)33-16(2)25(15)14-32-29(34)17-6-8-21-23(11-17)28-24-13-20(7-9-22(24)27(21)36-28)35-19-5-3-4-18(30)12-19/h3-13,27-28H,14H2,1-2H3,(H2,31,33)(H,32,34)/t27-,28+/m1/s1. The van der Waals surface area contributed by atoms with Crippen LogP contribution in [0.25, 0.3) is 0 Å². The number of aryl methyl sites for hydroxylation is 2. The fourth-order valence-corrected chi connectivity index (χ4v) is 5.12. The fourth-order valence-electron chi connectivity index (χ4n) is 5.12. The molecule has 2 atom stereocenters. The Bertz CT molecular complexity index is 1510. The number of amides is 1. The molecule has 6 nitrogen and oxygen atoms in total. The lowest BCUT2D eigenvalue weighted by atomic mass is 9.85. The van der Waals surface area contributed by atoms with E-state index in [1.807, 2.05) is 56.3 Å². The number of fused-ring (bicyclic) bond motifs is 8. The van der Waals surface area contributed by atoms with Crippen molar-refractivity contribution in [1.29, 1.82) is 0 Å². The molecule has 180 valence electrons. The molecule has 1 amide bonds. The van der Waals surface area contributed by atoms with Gasteiger partial charge in [0.1, 0.15) is 35.3 Å². The van der Waals surface area contributed by atoms with Gasteiger partial charge in [-0.3, -0.25) is 4.79 Å². The molecule has 0 fully saturated rings. The van der Waals surface area contributed by atoms with Crippen LogP contribution in [0, 0.1) is 19.7 Å². The SMILES string of the molecule is Cc1cc(N)nc(C)c1CNC(=O)c1ccc2c(c1)[C@@H]1O[C@H]2c2ccc(Oc3cccc(F)c3)cc21. The second kappa shape index (κ2) is 8.46. The van der Waals surface area contributed by atoms with Crippen LogP contribution in [0.2, 0.25) is 0 Å². The van der Waals surface area contributed by atoms with Crippen LogP contribution in [0.4, 0.5) is 10.2 Å². The number of hydrogen-bond donors (Lipinski definition) is 2. The van der Waals surface area contributed by atoms with Crippen LogP contribution in [0.1, 0.15) is 61.6 Å². The Hall–Kier alpha value is -4.23. The molecule has 4 aromatic rings. The predicted octanol–water partition coefficient (Wildman–Crippen LogP) is 5.66. The number of rotatable bonds is 5. The predicted molar refractivity (Wildman–Crippen MR) is 133 cm³/mol. The number of nitrogens with one attached hydrogen (secondary N) is 1. The van der Waals surface area contributed by atoms with Gasteiger partial charge in [0.25, 0.3) is 5.91 Å². The van der Waals surface area contributed by atoms with E-state index in [2.05, 4.69) is 10.3 Å². The van der Waals surface area contributed by atoms with Gasteiger partial charge in [-0.25, -0.2) is 9.37 Å². The number of anilines is 1. The van der Waals surface area contributed by atoms with Gasteiger partial charge in [0, 0.05) is 23.9 Å². The molecule has 1 aromatic heterocycles. The number of halogens is 1. The largest absolute Gasteiger partial charge is 0.457 e. The first-order chi connectivity index (χ1) is 17.4. The second-order valence-electron chi connectivity index (χ2n) is 9.20. The highest BCUT2D eigenvalue weighted by molar-refractivity contribution is 5.94. The molecule has 0 unspecified atom stereocenters. The lowest BCUT2D eigenvalue weighted by molar-refractivity contribution is 0.0857. The molecule has 0 aliphatic carbocycles. The zero-order chi connectivity index (χ0) is 25.0. The Kier molecular flexibility index (Phi) is 5.23. The van der Waals surface area contributed by atoms with Crippen molar-refractivity contribution in [1.82, 2.24) is 10.3 Å². The number of carbonyl (C=O) groups is 1. The van der Waals surface area contributed by atoms with Crippen molar-refractivity contribution in [2.45, 2.75) is 32.6 Å². The van der Waals surface area contributed by atoms with Crippen LogP contribution in [0.5, 0.6) is 11.5 Å². The summed E-state index contributed by atoms with van der Waals surface area (Å²) in [6, 6.07) is 19.3. The smallest absolute Gasteiger partial charge is 0.251 e. The third-order valence-electron chi connectivity index (χ3n) is 6.84. The van der Waals surface area contributed by atoms with Crippen molar-refractivity contribution in [2.24, 2.45) is 0 Å². The van der Waals surface area contributed by atoms with Gasteiger partial charge in [-0.2, -0.15) is 0 Å². The Morgan fingerprint density at radius 1 is 0.972 bits per heavy atom. The maximum absolute atomic E-state index is 13.5. The Morgan fingerprint density at radius 2 is 1.69 bits per heavy atom. The maximum Gasteiger partial charge on any atom is 0.251 e. The maximum atomic E-state index is 13.5. The van der Waals surface area contributed by atoms with Crippen LogP contribution in [-0.2, 0) is 11.3 Å². The molecular formula is C29H24FN3O3. The zero-order valence-corrected chi connectivity index (χ0v) is 19.8. The van der Waals surface area contributed by atoms with Crippen molar-refractivity contribution in [3.05, 3.63) is 117 Å². The number of pyridine rings is 1. The Labute approximate surface area is 207 Å². The first-order valence-corrected chi connectivity index (χ1v) is 11.7. The van der Waals surface area contributed by atoms with Gasteiger partial charge in [-0.1, -0.05) is 18.2 Å². The number of carbonyl (C=O) groups excluding carboxylic acids is 1. The number of aromatic nitrogens is 1. The molecule has 0 saturated heterocycles. The molecule has 0 saturated carbocycles. The zero-order valence-electron chi connectivity index (χ0n) is 19.8. The quantitative estimate of drug-likeness (QED) is 0.384. The van der Waals surface area contributed by atoms with E-state index in [1.165, 1.54) is 12.1 Å². The van der Waals surface area contributed by atoms with Gasteiger partial charge in [-0.15, -0.1) is 0 Å². The molecule has 2 aliphatic rings. The molecular weight excluding hydrogens is 457 g/mol.